The van der Waals surface area contributed by atoms with Crippen LogP contribution in [0, 0.1) is 5.82 Å². The number of para-hydroxylation sites is 1. The number of carboxylic acids is 1. The van der Waals surface area contributed by atoms with Crippen molar-refractivity contribution >= 4 is 23.6 Å². The van der Waals surface area contributed by atoms with E-state index in [1.165, 1.54) is 18.2 Å². The van der Waals surface area contributed by atoms with Crippen molar-refractivity contribution in [2.24, 2.45) is 0 Å². The number of carbonyl (C=O) groups is 1. The Morgan fingerprint density at radius 2 is 1.95 bits per heavy atom. The van der Waals surface area contributed by atoms with Gasteiger partial charge < -0.3 is 9.84 Å². The highest BCUT2D eigenvalue weighted by Gasteiger charge is 2.08. The van der Waals surface area contributed by atoms with Crippen LogP contribution in [0.2, 0.25) is 5.02 Å². The molecule has 5 heteroatoms. The predicted molar refractivity (Wildman–Crippen MR) is 78.9 cm³/mol. The molecule has 0 aromatic heterocycles. The van der Waals surface area contributed by atoms with Crippen molar-refractivity contribution in [3.05, 3.63) is 70.5 Å². The summed E-state index contributed by atoms with van der Waals surface area (Å²) in [5.41, 5.74) is 1.58. The second-order valence-electron chi connectivity index (χ2n) is 4.25. The number of carboxylic acid groups (broad SMARTS) is 1. The number of aliphatic carboxylic acids is 1. The molecule has 0 aliphatic rings. The van der Waals surface area contributed by atoms with Crippen LogP contribution in [0.3, 0.4) is 0 Å². The van der Waals surface area contributed by atoms with E-state index in [0.29, 0.717) is 0 Å². The Morgan fingerprint density at radius 3 is 2.57 bits per heavy atom. The van der Waals surface area contributed by atoms with E-state index in [1.807, 2.05) is 0 Å². The molecule has 0 fully saturated rings. The van der Waals surface area contributed by atoms with Crippen LogP contribution in [0.4, 0.5) is 4.39 Å². The molecule has 0 saturated heterocycles. The molecule has 3 nitrogen and oxygen atoms in total. The molecule has 0 atom stereocenters. The average Bonchev–Trinajstić information content (AvgIpc) is 2.46. The van der Waals surface area contributed by atoms with Crippen LogP contribution in [0.1, 0.15) is 11.1 Å². The zero-order chi connectivity index (χ0) is 15.2. The SMILES string of the molecule is O=C(O)/C=C/c1ccc(COc2c(F)cccc2Cl)cc1. The van der Waals surface area contributed by atoms with Crippen molar-refractivity contribution < 1.29 is 19.0 Å². The van der Waals surface area contributed by atoms with Gasteiger partial charge in [0.25, 0.3) is 0 Å². The second-order valence-corrected chi connectivity index (χ2v) is 4.66. The van der Waals surface area contributed by atoms with Gasteiger partial charge in [0.05, 0.1) is 5.02 Å². The fraction of sp³-hybridized carbons (Fsp3) is 0.0625. The van der Waals surface area contributed by atoms with Gasteiger partial charge in [-0.3, -0.25) is 0 Å². The molecule has 0 amide bonds. The van der Waals surface area contributed by atoms with Crippen LogP contribution in [0.25, 0.3) is 6.08 Å². The van der Waals surface area contributed by atoms with Crippen molar-refractivity contribution in [3.8, 4) is 5.75 Å². The van der Waals surface area contributed by atoms with Crippen LogP contribution < -0.4 is 4.74 Å². The predicted octanol–water partition coefficient (Wildman–Crippen LogP) is 4.16. The molecule has 0 radical (unpaired) electrons. The molecule has 2 aromatic rings. The van der Waals surface area contributed by atoms with E-state index in [2.05, 4.69) is 0 Å². The second kappa shape index (κ2) is 6.90. The summed E-state index contributed by atoms with van der Waals surface area (Å²) in [5.74, 6) is -1.49. The first-order chi connectivity index (χ1) is 10.1. The molecule has 2 aromatic carbocycles. The minimum Gasteiger partial charge on any atom is -0.484 e. The van der Waals surface area contributed by atoms with E-state index in [-0.39, 0.29) is 17.4 Å². The summed E-state index contributed by atoms with van der Waals surface area (Å²) in [4.78, 5) is 10.4. The third kappa shape index (κ3) is 4.33. The van der Waals surface area contributed by atoms with E-state index in [9.17, 15) is 9.18 Å². The van der Waals surface area contributed by atoms with Gasteiger partial charge in [0, 0.05) is 6.08 Å². The standard InChI is InChI=1S/C16H12ClFO3/c17-13-2-1-3-14(18)16(13)21-10-12-6-4-11(5-7-12)8-9-15(19)20/h1-9H,10H2,(H,19,20)/b9-8+. The number of hydrogen-bond acceptors (Lipinski definition) is 2. The van der Waals surface area contributed by atoms with E-state index in [0.717, 1.165) is 17.2 Å². The topological polar surface area (TPSA) is 46.5 Å². The van der Waals surface area contributed by atoms with Gasteiger partial charge in [-0.2, -0.15) is 0 Å². The maximum Gasteiger partial charge on any atom is 0.328 e. The molecule has 0 spiro atoms. The lowest BCUT2D eigenvalue weighted by Gasteiger charge is -2.09. The van der Waals surface area contributed by atoms with Crippen LogP contribution in [-0.4, -0.2) is 11.1 Å². The Bertz CT molecular complexity index is 645. The quantitative estimate of drug-likeness (QED) is 0.844. The Hall–Kier alpha value is -2.33. The summed E-state index contributed by atoms with van der Waals surface area (Å²) < 4.78 is 18.9. The van der Waals surface area contributed by atoms with Crippen LogP contribution in [0.5, 0.6) is 5.75 Å². The highest BCUT2D eigenvalue weighted by molar-refractivity contribution is 6.32. The summed E-state index contributed by atoms with van der Waals surface area (Å²) >= 11 is 5.86. The van der Waals surface area contributed by atoms with Crippen molar-refractivity contribution in [2.75, 3.05) is 0 Å². The van der Waals surface area contributed by atoms with Gasteiger partial charge >= 0.3 is 5.97 Å². The van der Waals surface area contributed by atoms with E-state index in [4.69, 9.17) is 21.4 Å². The van der Waals surface area contributed by atoms with Crippen molar-refractivity contribution in [1.29, 1.82) is 0 Å². The fourth-order valence-corrected chi connectivity index (χ4v) is 1.89. The van der Waals surface area contributed by atoms with E-state index in [1.54, 1.807) is 30.3 Å². The van der Waals surface area contributed by atoms with Crippen molar-refractivity contribution in [3.63, 3.8) is 0 Å². The number of rotatable bonds is 5. The molecule has 0 bridgehead atoms. The summed E-state index contributed by atoms with van der Waals surface area (Å²) in [6.07, 6.45) is 2.55. The largest absolute Gasteiger partial charge is 0.484 e. The van der Waals surface area contributed by atoms with Crippen molar-refractivity contribution in [2.45, 2.75) is 6.61 Å². The fourth-order valence-electron chi connectivity index (χ4n) is 1.67. The number of ether oxygens (including phenoxy) is 1. The van der Waals surface area contributed by atoms with Gasteiger partial charge in [-0.15, -0.1) is 0 Å². The van der Waals surface area contributed by atoms with E-state index < -0.39 is 11.8 Å². The molecule has 108 valence electrons. The first-order valence-electron chi connectivity index (χ1n) is 6.13. The third-order valence-electron chi connectivity index (χ3n) is 2.70. The summed E-state index contributed by atoms with van der Waals surface area (Å²) in [6.45, 7) is 0.170. The maximum absolute atomic E-state index is 13.5. The lowest BCUT2D eigenvalue weighted by molar-refractivity contribution is -0.131. The Labute approximate surface area is 126 Å². The molecule has 0 heterocycles. The molecule has 0 unspecified atom stereocenters. The molecule has 0 saturated carbocycles. The molecule has 0 aliphatic heterocycles. The normalized spacial score (nSPS) is 10.8. The average molecular weight is 307 g/mol. The molecular formula is C16H12ClFO3. The Morgan fingerprint density at radius 1 is 1.24 bits per heavy atom. The zero-order valence-electron chi connectivity index (χ0n) is 10.9. The monoisotopic (exact) mass is 306 g/mol. The molecular weight excluding hydrogens is 295 g/mol. The first kappa shape index (κ1) is 15.1. The smallest absolute Gasteiger partial charge is 0.328 e. The molecule has 1 N–H and O–H groups in total. The van der Waals surface area contributed by atoms with Gasteiger partial charge in [-0.1, -0.05) is 41.9 Å². The Balaban J connectivity index is 2.02. The maximum atomic E-state index is 13.5. The molecule has 21 heavy (non-hydrogen) atoms. The zero-order valence-corrected chi connectivity index (χ0v) is 11.7. The van der Waals surface area contributed by atoms with Gasteiger partial charge in [-0.05, 0) is 29.3 Å². The third-order valence-corrected chi connectivity index (χ3v) is 3.00. The van der Waals surface area contributed by atoms with Gasteiger partial charge in [0.1, 0.15) is 6.61 Å². The van der Waals surface area contributed by atoms with Crippen LogP contribution >= 0.6 is 11.6 Å². The number of benzene rings is 2. The van der Waals surface area contributed by atoms with Crippen molar-refractivity contribution in [1.82, 2.24) is 0 Å². The lowest BCUT2D eigenvalue weighted by Crippen LogP contribution is -1.98. The highest BCUT2D eigenvalue weighted by Crippen LogP contribution is 2.28. The first-order valence-corrected chi connectivity index (χ1v) is 6.51. The van der Waals surface area contributed by atoms with Gasteiger partial charge in [0.15, 0.2) is 11.6 Å². The highest BCUT2D eigenvalue weighted by atomic mass is 35.5. The molecule has 0 aliphatic carbocycles. The van der Waals surface area contributed by atoms with Crippen LogP contribution in [-0.2, 0) is 11.4 Å². The number of halogens is 2. The van der Waals surface area contributed by atoms with Crippen LogP contribution in [0.15, 0.2) is 48.5 Å². The summed E-state index contributed by atoms with van der Waals surface area (Å²) in [6, 6.07) is 11.4. The molecule has 2 rings (SSSR count). The Kier molecular flexibility index (Phi) is 4.95. The minimum absolute atomic E-state index is 0.0222. The lowest BCUT2D eigenvalue weighted by atomic mass is 10.1. The number of hydrogen-bond donors (Lipinski definition) is 1. The van der Waals surface area contributed by atoms with E-state index >= 15 is 0 Å². The van der Waals surface area contributed by atoms with Gasteiger partial charge in [-0.25, -0.2) is 9.18 Å². The summed E-state index contributed by atoms with van der Waals surface area (Å²) in [7, 11) is 0. The summed E-state index contributed by atoms with van der Waals surface area (Å²) in [5, 5.41) is 8.76. The minimum atomic E-state index is -1.00. The van der Waals surface area contributed by atoms with Gasteiger partial charge in [0.2, 0.25) is 0 Å².